The Balaban J connectivity index is 1.50. The number of piperidine rings is 1. The van der Waals surface area contributed by atoms with E-state index in [4.69, 9.17) is 18.9 Å². The third-order valence-corrected chi connectivity index (χ3v) is 11.3. The van der Waals surface area contributed by atoms with Crippen molar-refractivity contribution in [3.05, 3.63) is 77.6 Å². The second kappa shape index (κ2) is 14.8. The average molecular weight is 626 g/mol. The van der Waals surface area contributed by atoms with Crippen LogP contribution in [-0.2, 0) is 20.8 Å². The number of carbonyl (C=O) groups is 1. The Morgan fingerprint density at radius 1 is 0.907 bits per heavy atom. The van der Waals surface area contributed by atoms with Gasteiger partial charge in [-0.3, -0.25) is 0 Å². The Hall–Kier alpha value is -2.73. The third-order valence-electron chi connectivity index (χ3n) is 7.89. The fraction of sp³-hybridized carbons (Fsp3) is 0.500. The van der Waals surface area contributed by atoms with Crippen LogP contribution in [0.25, 0.3) is 10.8 Å². The van der Waals surface area contributed by atoms with Gasteiger partial charge in [0.1, 0.15) is 11.6 Å². The highest BCUT2D eigenvalue weighted by Gasteiger charge is 2.34. The summed E-state index contributed by atoms with van der Waals surface area (Å²) in [5.41, 5.74) is 1.92. The minimum atomic E-state index is -1.32. The van der Waals surface area contributed by atoms with Crippen LogP contribution in [-0.4, -0.2) is 66.3 Å². The van der Waals surface area contributed by atoms with Gasteiger partial charge >= 0.3 is 6.09 Å². The molecule has 1 amide bonds. The molecule has 3 aromatic carbocycles. The summed E-state index contributed by atoms with van der Waals surface area (Å²) in [5.74, 6) is 0.499. The van der Waals surface area contributed by atoms with Crippen LogP contribution in [0.4, 0.5) is 9.18 Å². The van der Waals surface area contributed by atoms with E-state index in [0.717, 1.165) is 39.7 Å². The zero-order valence-corrected chi connectivity index (χ0v) is 28.7. The van der Waals surface area contributed by atoms with Crippen LogP contribution in [0, 0.1) is 5.82 Å². The first-order valence-corrected chi connectivity index (χ1v) is 22.8. The maximum Gasteiger partial charge on any atom is 0.409 e. The molecule has 6 nitrogen and oxygen atoms in total. The van der Waals surface area contributed by atoms with Gasteiger partial charge in [0.2, 0.25) is 0 Å². The molecule has 0 aromatic heterocycles. The molecule has 4 rings (SSSR count). The highest BCUT2D eigenvalue weighted by Crippen LogP contribution is 2.35. The van der Waals surface area contributed by atoms with Crippen LogP contribution in [0.5, 0.6) is 5.75 Å². The topological polar surface area (TPSA) is 57.2 Å². The van der Waals surface area contributed by atoms with Crippen molar-refractivity contribution in [3.8, 4) is 5.75 Å². The van der Waals surface area contributed by atoms with Crippen LogP contribution in [0.2, 0.25) is 51.4 Å². The number of benzene rings is 3. The van der Waals surface area contributed by atoms with Crippen LogP contribution in [0.3, 0.4) is 0 Å². The van der Waals surface area contributed by atoms with Crippen molar-refractivity contribution in [2.45, 2.75) is 76.4 Å². The number of amides is 1. The fourth-order valence-corrected chi connectivity index (χ4v) is 6.66. The predicted molar refractivity (Wildman–Crippen MR) is 177 cm³/mol. The fourth-order valence-electron chi connectivity index (χ4n) is 5.19. The summed E-state index contributed by atoms with van der Waals surface area (Å²) in [4.78, 5) is 14.8. The number of likely N-dealkylation sites (tertiary alicyclic amines) is 1. The second-order valence-corrected chi connectivity index (χ2v) is 25.2. The summed E-state index contributed by atoms with van der Waals surface area (Å²) in [7, 11) is -2.51. The Morgan fingerprint density at radius 3 is 2.33 bits per heavy atom. The molecule has 2 atom stereocenters. The standard InChI is InChI=1S/C34H48FNO5Si2/c1-42(2,3)21-19-38-25-41-33-28(12-11-26-9-7-8-10-31(26)33)24-40-32-23-36(34(37)39-20-22-43(4,5)6)18-17-30(32)27-13-15-29(35)16-14-27/h7-16,30,32H,17-25H2,1-6H3. The lowest BCUT2D eigenvalue weighted by Crippen LogP contribution is -2.47. The monoisotopic (exact) mass is 625 g/mol. The molecule has 9 heteroatoms. The van der Waals surface area contributed by atoms with E-state index in [2.05, 4.69) is 57.5 Å². The molecular weight excluding hydrogens is 578 g/mol. The molecule has 2 unspecified atom stereocenters. The molecule has 1 saturated heterocycles. The molecule has 1 aliphatic heterocycles. The lowest BCUT2D eigenvalue weighted by molar-refractivity contribution is -0.0254. The lowest BCUT2D eigenvalue weighted by Gasteiger charge is -2.38. The van der Waals surface area contributed by atoms with Gasteiger partial charge in [-0.25, -0.2) is 9.18 Å². The number of halogens is 1. The zero-order valence-electron chi connectivity index (χ0n) is 26.7. The van der Waals surface area contributed by atoms with Crippen molar-refractivity contribution in [2.24, 2.45) is 0 Å². The summed E-state index contributed by atoms with van der Waals surface area (Å²) in [6, 6.07) is 20.9. The second-order valence-electron chi connectivity index (χ2n) is 13.9. The van der Waals surface area contributed by atoms with Crippen molar-refractivity contribution in [3.63, 3.8) is 0 Å². The predicted octanol–water partition coefficient (Wildman–Crippen LogP) is 8.52. The maximum absolute atomic E-state index is 13.8. The summed E-state index contributed by atoms with van der Waals surface area (Å²) in [5, 5.41) is 2.08. The molecule has 1 aliphatic rings. The molecule has 0 N–H and O–H groups in total. The van der Waals surface area contributed by atoms with Gasteiger partial charge in [-0.2, -0.15) is 0 Å². The van der Waals surface area contributed by atoms with E-state index in [0.29, 0.717) is 39.3 Å². The van der Waals surface area contributed by atoms with Crippen molar-refractivity contribution in [1.29, 1.82) is 0 Å². The number of fused-ring (bicyclic) bond motifs is 1. The Kier molecular flexibility index (Phi) is 11.4. The number of carbonyl (C=O) groups excluding carboxylic acids is 1. The third kappa shape index (κ3) is 10.2. The molecular formula is C34H48FNO5Si2. The Morgan fingerprint density at radius 2 is 1.60 bits per heavy atom. The smallest absolute Gasteiger partial charge is 0.409 e. The zero-order chi connectivity index (χ0) is 31.0. The van der Waals surface area contributed by atoms with E-state index in [1.807, 2.05) is 30.3 Å². The number of nitrogens with zero attached hydrogens (tertiary/aromatic N) is 1. The molecule has 0 spiro atoms. The molecule has 0 aliphatic carbocycles. The quantitative estimate of drug-likeness (QED) is 0.108. The van der Waals surface area contributed by atoms with E-state index in [1.165, 1.54) is 12.1 Å². The van der Waals surface area contributed by atoms with Crippen LogP contribution >= 0.6 is 0 Å². The highest BCUT2D eigenvalue weighted by molar-refractivity contribution is 6.76. The van der Waals surface area contributed by atoms with Crippen LogP contribution < -0.4 is 4.74 Å². The molecule has 3 aromatic rings. The minimum absolute atomic E-state index is 0.0151. The molecule has 1 fully saturated rings. The number of rotatable bonds is 13. The van der Waals surface area contributed by atoms with Gasteiger partial charge in [0.15, 0.2) is 6.79 Å². The summed E-state index contributed by atoms with van der Waals surface area (Å²) >= 11 is 0. The number of ether oxygens (including phenoxy) is 4. The maximum atomic E-state index is 13.8. The van der Waals surface area contributed by atoms with Gasteiger partial charge < -0.3 is 23.8 Å². The average Bonchev–Trinajstić information content (AvgIpc) is 2.95. The molecule has 43 heavy (non-hydrogen) atoms. The highest BCUT2D eigenvalue weighted by atomic mass is 28.3. The summed E-state index contributed by atoms with van der Waals surface area (Å²) < 4.78 is 38.2. The van der Waals surface area contributed by atoms with Crippen molar-refractivity contribution >= 4 is 33.0 Å². The minimum Gasteiger partial charge on any atom is -0.467 e. The van der Waals surface area contributed by atoms with Gasteiger partial charge in [0, 0.05) is 46.2 Å². The van der Waals surface area contributed by atoms with E-state index in [1.54, 1.807) is 4.90 Å². The first-order chi connectivity index (χ1) is 20.4. The first kappa shape index (κ1) is 33.2. The SMILES string of the molecule is C[Si](C)(C)CCOCOc1c(COC2CN(C(=O)OCC[Si](C)(C)C)CCC2c2ccc(F)cc2)ccc2ccccc12. The van der Waals surface area contributed by atoms with Crippen LogP contribution in [0.1, 0.15) is 23.5 Å². The van der Waals surface area contributed by atoms with Crippen molar-refractivity contribution < 1.29 is 28.1 Å². The first-order valence-electron chi connectivity index (χ1n) is 15.4. The molecule has 0 bridgehead atoms. The Labute approximate surface area is 258 Å². The number of hydrogen-bond acceptors (Lipinski definition) is 5. The van der Waals surface area contributed by atoms with Crippen LogP contribution in [0.15, 0.2) is 60.7 Å². The summed E-state index contributed by atoms with van der Waals surface area (Å²) in [6.07, 6.45) is 0.108. The molecule has 0 saturated carbocycles. The van der Waals surface area contributed by atoms with E-state index >= 15 is 0 Å². The van der Waals surface area contributed by atoms with Crippen molar-refractivity contribution in [2.75, 3.05) is 33.1 Å². The van der Waals surface area contributed by atoms with Gasteiger partial charge in [0.25, 0.3) is 0 Å². The van der Waals surface area contributed by atoms with Gasteiger partial charge in [0.05, 0.1) is 25.9 Å². The van der Waals surface area contributed by atoms with E-state index in [-0.39, 0.29) is 30.7 Å². The van der Waals surface area contributed by atoms with Gasteiger partial charge in [-0.05, 0) is 41.6 Å². The normalized spacial score (nSPS) is 17.7. The lowest BCUT2D eigenvalue weighted by atomic mass is 9.87. The van der Waals surface area contributed by atoms with E-state index < -0.39 is 16.1 Å². The van der Waals surface area contributed by atoms with Gasteiger partial charge in [-0.1, -0.05) is 87.8 Å². The van der Waals surface area contributed by atoms with Crippen molar-refractivity contribution in [1.82, 2.24) is 4.90 Å². The molecule has 0 radical (unpaired) electrons. The molecule has 234 valence electrons. The Bertz CT molecular complexity index is 1340. The number of hydrogen-bond donors (Lipinski definition) is 0. The van der Waals surface area contributed by atoms with Gasteiger partial charge in [-0.15, -0.1) is 0 Å². The van der Waals surface area contributed by atoms with E-state index in [9.17, 15) is 9.18 Å². The summed E-state index contributed by atoms with van der Waals surface area (Å²) in [6.45, 7) is 16.3. The molecule has 1 heterocycles. The largest absolute Gasteiger partial charge is 0.467 e.